The molecule has 1 atom stereocenters. The molecule has 160 valence electrons. The summed E-state index contributed by atoms with van der Waals surface area (Å²) in [6.07, 6.45) is 2.37. The summed E-state index contributed by atoms with van der Waals surface area (Å²) in [4.78, 5) is 30.8. The molecule has 2 aliphatic heterocycles. The number of benzene rings is 1. The maximum Gasteiger partial charge on any atom is 0.317 e. The fraction of sp³-hybridized carbons (Fsp3) is 0.619. The number of piperazine rings is 1. The fourth-order valence-corrected chi connectivity index (χ4v) is 4.34. The van der Waals surface area contributed by atoms with Gasteiger partial charge in [0.2, 0.25) is 5.91 Å². The fourth-order valence-electron chi connectivity index (χ4n) is 4.08. The van der Waals surface area contributed by atoms with E-state index in [1.54, 1.807) is 4.90 Å². The SMILES string of the molecule is CCNC(=O)N1CCN(CC(=O)NCC(c2ccccc2Cl)N2CCCC2)CC1. The summed E-state index contributed by atoms with van der Waals surface area (Å²) in [5.41, 5.74) is 1.08. The maximum atomic E-state index is 12.6. The summed E-state index contributed by atoms with van der Waals surface area (Å²) in [5, 5.41) is 6.69. The lowest BCUT2D eigenvalue weighted by Crippen LogP contribution is -2.53. The van der Waals surface area contributed by atoms with Crippen molar-refractivity contribution < 1.29 is 9.59 Å². The second-order valence-corrected chi connectivity index (χ2v) is 8.09. The molecule has 0 aliphatic carbocycles. The summed E-state index contributed by atoms with van der Waals surface area (Å²) < 4.78 is 0. The zero-order chi connectivity index (χ0) is 20.6. The van der Waals surface area contributed by atoms with Crippen molar-refractivity contribution in [3.05, 3.63) is 34.9 Å². The Kier molecular flexibility index (Phi) is 8.15. The molecule has 0 radical (unpaired) electrons. The van der Waals surface area contributed by atoms with Crippen molar-refractivity contribution >= 4 is 23.5 Å². The molecule has 29 heavy (non-hydrogen) atoms. The topological polar surface area (TPSA) is 67.9 Å². The molecule has 0 aromatic heterocycles. The molecule has 0 spiro atoms. The van der Waals surface area contributed by atoms with E-state index in [0.717, 1.165) is 23.7 Å². The van der Waals surface area contributed by atoms with Gasteiger partial charge in [0.15, 0.2) is 0 Å². The van der Waals surface area contributed by atoms with Gasteiger partial charge in [0.25, 0.3) is 0 Å². The molecule has 8 heteroatoms. The van der Waals surface area contributed by atoms with Gasteiger partial charge < -0.3 is 15.5 Å². The molecule has 2 heterocycles. The van der Waals surface area contributed by atoms with E-state index in [9.17, 15) is 9.59 Å². The van der Waals surface area contributed by atoms with Gasteiger partial charge in [0.05, 0.1) is 12.6 Å². The molecule has 1 aromatic rings. The Morgan fingerprint density at radius 1 is 1.03 bits per heavy atom. The van der Waals surface area contributed by atoms with Crippen molar-refractivity contribution in [1.82, 2.24) is 25.3 Å². The van der Waals surface area contributed by atoms with Crippen LogP contribution in [-0.4, -0.2) is 85.5 Å². The number of nitrogens with zero attached hydrogens (tertiary/aromatic N) is 3. The van der Waals surface area contributed by atoms with E-state index in [1.807, 2.05) is 25.1 Å². The van der Waals surface area contributed by atoms with Gasteiger partial charge in [-0.2, -0.15) is 0 Å². The van der Waals surface area contributed by atoms with Crippen LogP contribution in [0.15, 0.2) is 24.3 Å². The smallest absolute Gasteiger partial charge is 0.317 e. The number of likely N-dealkylation sites (tertiary alicyclic amines) is 1. The van der Waals surface area contributed by atoms with E-state index >= 15 is 0 Å². The molecule has 2 aliphatic rings. The molecular formula is C21H32ClN5O2. The molecule has 3 rings (SSSR count). The summed E-state index contributed by atoms with van der Waals surface area (Å²) >= 11 is 6.45. The quantitative estimate of drug-likeness (QED) is 0.706. The zero-order valence-corrected chi connectivity index (χ0v) is 18.0. The van der Waals surface area contributed by atoms with E-state index in [4.69, 9.17) is 11.6 Å². The van der Waals surface area contributed by atoms with Gasteiger partial charge in [-0.1, -0.05) is 29.8 Å². The first-order valence-corrected chi connectivity index (χ1v) is 11.0. The Morgan fingerprint density at radius 3 is 2.38 bits per heavy atom. The molecule has 2 fully saturated rings. The van der Waals surface area contributed by atoms with Crippen molar-refractivity contribution in [3.8, 4) is 0 Å². The van der Waals surface area contributed by atoms with Gasteiger partial charge in [-0.15, -0.1) is 0 Å². The number of hydrogen-bond donors (Lipinski definition) is 2. The number of rotatable bonds is 7. The Morgan fingerprint density at radius 2 is 1.72 bits per heavy atom. The first-order valence-electron chi connectivity index (χ1n) is 10.6. The highest BCUT2D eigenvalue weighted by atomic mass is 35.5. The third kappa shape index (κ3) is 6.07. The van der Waals surface area contributed by atoms with E-state index in [1.165, 1.54) is 12.8 Å². The average molecular weight is 422 g/mol. The standard InChI is InChI=1S/C21H32ClN5O2/c1-2-23-21(29)27-13-11-25(12-14-27)16-20(28)24-15-19(26-9-5-6-10-26)17-7-3-4-8-18(17)22/h3-4,7-8,19H,2,5-6,9-16H2,1H3,(H,23,29)(H,24,28). The van der Waals surface area contributed by atoms with Crippen molar-refractivity contribution in [1.29, 1.82) is 0 Å². The Hall–Kier alpha value is -1.83. The highest BCUT2D eigenvalue weighted by Gasteiger charge is 2.26. The van der Waals surface area contributed by atoms with Gasteiger partial charge in [0, 0.05) is 44.3 Å². The van der Waals surface area contributed by atoms with Crippen LogP contribution in [0, 0.1) is 0 Å². The van der Waals surface area contributed by atoms with Crippen LogP contribution in [-0.2, 0) is 4.79 Å². The van der Waals surface area contributed by atoms with Crippen LogP contribution in [0.3, 0.4) is 0 Å². The van der Waals surface area contributed by atoms with Crippen molar-refractivity contribution in [2.45, 2.75) is 25.8 Å². The predicted molar refractivity (Wildman–Crippen MR) is 115 cm³/mol. The van der Waals surface area contributed by atoms with Crippen LogP contribution in [0.5, 0.6) is 0 Å². The number of halogens is 1. The lowest BCUT2D eigenvalue weighted by Gasteiger charge is -2.34. The number of carbonyl (C=O) groups is 2. The third-order valence-electron chi connectivity index (χ3n) is 5.69. The number of urea groups is 1. The van der Waals surface area contributed by atoms with Crippen LogP contribution in [0.25, 0.3) is 0 Å². The Bertz CT molecular complexity index is 687. The number of carbonyl (C=O) groups excluding carboxylic acids is 2. The second-order valence-electron chi connectivity index (χ2n) is 7.68. The maximum absolute atomic E-state index is 12.6. The monoisotopic (exact) mass is 421 g/mol. The summed E-state index contributed by atoms with van der Waals surface area (Å²) in [6, 6.07) is 7.98. The summed E-state index contributed by atoms with van der Waals surface area (Å²) in [6.45, 7) is 8.25. The lowest BCUT2D eigenvalue weighted by atomic mass is 10.1. The summed E-state index contributed by atoms with van der Waals surface area (Å²) in [5.74, 6) is 0.0210. The molecule has 1 aromatic carbocycles. The molecule has 3 amide bonds. The molecule has 1 unspecified atom stereocenters. The molecule has 0 bridgehead atoms. The minimum Gasteiger partial charge on any atom is -0.353 e. The normalized spacial score (nSPS) is 19.2. The van der Waals surface area contributed by atoms with Crippen LogP contribution < -0.4 is 10.6 Å². The highest BCUT2D eigenvalue weighted by Crippen LogP contribution is 2.29. The Balaban J connectivity index is 1.49. The molecular weight excluding hydrogens is 390 g/mol. The third-order valence-corrected chi connectivity index (χ3v) is 6.04. The first kappa shape index (κ1) is 21.9. The molecule has 7 nitrogen and oxygen atoms in total. The minimum atomic E-state index is -0.0233. The second kappa shape index (κ2) is 10.8. The molecule has 0 saturated carbocycles. The number of nitrogens with one attached hydrogen (secondary N) is 2. The average Bonchev–Trinajstić information content (AvgIpc) is 3.25. The number of hydrogen-bond acceptors (Lipinski definition) is 4. The zero-order valence-electron chi connectivity index (χ0n) is 17.2. The minimum absolute atomic E-state index is 0.0210. The highest BCUT2D eigenvalue weighted by molar-refractivity contribution is 6.31. The van der Waals surface area contributed by atoms with Gasteiger partial charge >= 0.3 is 6.03 Å². The van der Waals surface area contributed by atoms with E-state index in [2.05, 4.69) is 26.5 Å². The van der Waals surface area contributed by atoms with Crippen molar-refractivity contribution in [2.75, 3.05) is 58.9 Å². The van der Waals surface area contributed by atoms with Gasteiger partial charge in [-0.05, 0) is 44.5 Å². The van der Waals surface area contributed by atoms with E-state index in [0.29, 0.717) is 45.8 Å². The number of amides is 3. The van der Waals surface area contributed by atoms with Crippen LogP contribution in [0.1, 0.15) is 31.4 Å². The van der Waals surface area contributed by atoms with Crippen LogP contribution in [0.2, 0.25) is 5.02 Å². The Labute approximate surface area is 178 Å². The van der Waals surface area contributed by atoms with Gasteiger partial charge in [0.1, 0.15) is 0 Å². The lowest BCUT2D eigenvalue weighted by molar-refractivity contribution is -0.122. The van der Waals surface area contributed by atoms with Crippen molar-refractivity contribution in [3.63, 3.8) is 0 Å². The van der Waals surface area contributed by atoms with E-state index < -0.39 is 0 Å². The molecule has 2 N–H and O–H groups in total. The van der Waals surface area contributed by atoms with Crippen LogP contribution in [0.4, 0.5) is 4.79 Å². The van der Waals surface area contributed by atoms with Crippen molar-refractivity contribution in [2.24, 2.45) is 0 Å². The first-order chi connectivity index (χ1) is 14.1. The predicted octanol–water partition coefficient (Wildman–Crippen LogP) is 1.94. The largest absolute Gasteiger partial charge is 0.353 e. The summed E-state index contributed by atoms with van der Waals surface area (Å²) in [7, 11) is 0. The van der Waals surface area contributed by atoms with Crippen LogP contribution >= 0.6 is 11.6 Å². The van der Waals surface area contributed by atoms with E-state index in [-0.39, 0.29) is 18.0 Å². The molecule has 2 saturated heterocycles. The van der Waals surface area contributed by atoms with Gasteiger partial charge in [-0.3, -0.25) is 14.6 Å². The van der Waals surface area contributed by atoms with Gasteiger partial charge in [-0.25, -0.2) is 4.79 Å².